The van der Waals surface area contributed by atoms with E-state index in [1.54, 1.807) is 5.57 Å². The SMILES string of the molecule is CSC(C)(C)CNCC1CC(C)=CC(C)C1. The quantitative estimate of drug-likeness (QED) is 0.736. The van der Waals surface area contributed by atoms with Gasteiger partial charge < -0.3 is 5.32 Å². The van der Waals surface area contributed by atoms with Crippen LogP contribution in [0.3, 0.4) is 0 Å². The molecule has 1 nitrogen and oxygen atoms in total. The third kappa shape index (κ3) is 4.92. The summed E-state index contributed by atoms with van der Waals surface area (Å²) in [6, 6.07) is 0. The Morgan fingerprint density at radius 3 is 2.75 bits per heavy atom. The molecular formula is C14H27NS. The molecule has 0 bridgehead atoms. The van der Waals surface area contributed by atoms with E-state index in [1.165, 1.54) is 19.4 Å². The van der Waals surface area contributed by atoms with Crippen LogP contribution in [-0.2, 0) is 0 Å². The summed E-state index contributed by atoms with van der Waals surface area (Å²) in [5, 5.41) is 3.64. The summed E-state index contributed by atoms with van der Waals surface area (Å²) < 4.78 is 0.366. The molecule has 0 saturated carbocycles. The number of thioether (sulfide) groups is 1. The molecule has 94 valence electrons. The zero-order chi connectivity index (χ0) is 12.2. The van der Waals surface area contributed by atoms with Gasteiger partial charge in [0.25, 0.3) is 0 Å². The van der Waals surface area contributed by atoms with Crippen LogP contribution in [0.1, 0.15) is 40.5 Å². The Morgan fingerprint density at radius 2 is 2.19 bits per heavy atom. The maximum absolute atomic E-state index is 3.64. The molecule has 0 aromatic heterocycles. The number of rotatable bonds is 5. The van der Waals surface area contributed by atoms with Crippen molar-refractivity contribution >= 4 is 11.8 Å². The molecule has 0 aromatic rings. The minimum Gasteiger partial charge on any atom is -0.315 e. The molecule has 1 rings (SSSR count). The van der Waals surface area contributed by atoms with Crippen molar-refractivity contribution in [1.29, 1.82) is 0 Å². The first kappa shape index (κ1) is 14.1. The molecule has 1 aliphatic rings. The Morgan fingerprint density at radius 1 is 1.50 bits per heavy atom. The lowest BCUT2D eigenvalue weighted by Crippen LogP contribution is -2.35. The van der Waals surface area contributed by atoms with Gasteiger partial charge in [-0.25, -0.2) is 0 Å². The largest absolute Gasteiger partial charge is 0.315 e. The lowest BCUT2D eigenvalue weighted by Gasteiger charge is -2.28. The molecule has 0 saturated heterocycles. The van der Waals surface area contributed by atoms with Crippen LogP contribution in [0.15, 0.2) is 11.6 Å². The van der Waals surface area contributed by atoms with E-state index in [2.05, 4.69) is 45.3 Å². The average molecular weight is 241 g/mol. The van der Waals surface area contributed by atoms with Gasteiger partial charge in [0.15, 0.2) is 0 Å². The van der Waals surface area contributed by atoms with Crippen LogP contribution < -0.4 is 5.32 Å². The molecule has 2 heteroatoms. The van der Waals surface area contributed by atoms with Crippen molar-refractivity contribution in [1.82, 2.24) is 5.32 Å². The third-order valence-electron chi connectivity index (χ3n) is 3.42. The van der Waals surface area contributed by atoms with E-state index in [-0.39, 0.29) is 0 Å². The summed E-state index contributed by atoms with van der Waals surface area (Å²) >= 11 is 1.94. The van der Waals surface area contributed by atoms with Crippen molar-refractivity contribution in [3.63, 3.8) is 0 Å². The monoisotopic (exact) mass is 241 g/mol. The molecule has 0 spiro atoms. The summed E-state index contributed by atoms with van der Waals surface area (Å²) in [4.78, 5) is 0. The molecule has 0 fully saturated rings. The summed E-state index contributed by atoms with van der Waals surface area (Å²) in [5.74, 6) is 1.62. The van der Waals surface area contributed by atoms with E-state index in [0.29, 0.717) is 4.75 Å². The lowest BCUT2D eigenvalue weighted by molar-refractivity contribution is 0.377. The van der Waals surface area contributed by atoms with E-state index < -0.39 is 0 Å². The van der Waals surface area contributed by atoms with Gasteiger partial charge in [0, 0.05) is 11.3 Å². The fourth-order valence-corrected chi connectivity index (χ4v) is 2.74. The highest BCUT2D eigenvalue weighted by Gasteiger charge is 2.20. The fraction of sp³-hybridized carbons (Fsp3) is 0.857. The zero-order valence-electron chi connectivity index (χ0n) is 11.5. The molecule has 0 radical (unpaired) electrons. The Hall–Kier alpha value is 0.0500. The van der Waals surface area contributed by atoms with Crippen LogP contribution in [0, 0.1) is 11.8 Å². The number of allylic oxidation sites excluding steroid dienone is 2. The van der Waals surface area contributed by atoms with Gasteiger partial charge in [-0.05, 0) is 58.2 Å². The van der Waals surface area contributed by atoms with Crippen molar-refractivity contribution < 1.29 is 0 Å². The topological polar surface area (TPSA) is 12.0 Å². The summed E-state index contributed by atoms with van der Waals surface area (Å²) in [6.45, 7) is 11.5. The maximum Gasteiger partial charge on any atom is 0.0225 e. The molecule has 1 aliphatic carbocycles. The minimum absolute atomic E-state index is 0.366. The molecule has 0 aliphatic heterocycles. The first-order chi connectivity index (χ1) is 7.43. The number of hydrogen-bond acceptors (Lipinski definition) is 2. The number of hydrogen-bond donors (Lipinski definition) is 1. The predicted molar refractivity (Wildman–Crippen MR) is 76.1 cm³/mol. The summed E-state index contributed by atoms with van der Waals surface area (Å²) in [7, 11) is 0. The second kappa shape index (κ2) is 6.11. The van der Waals surface area contributed by atoms with Crippen molar-refractivity contribution in [2.75, 3.05) is 19.3 Å². The van der Waals surface area contributed by atoms with Gasteiger partial charge in [0.05, 0.1) is 0 Å². The maximum atomic E-state index is 3.64. The van der Waals surface area contributed by atoms with Crippen LogP contribution in [0.4, 0.5) is 0 Å². The molecule has 16 heavy (non-hydrogen) atoms. The molecule has 0 heterocycles. The highest BCUT2D eigenvalue weighted by Crippen LogP contribution is 2.27. The average Bonchev–Trinajstić information content (AvgIpc) is 2.16. The van der Waals surface area contributed by atoms with Gasteiger partial charge in [-0.15, -0.1) is 0 Å². The molecule has 0 aromatic carbocycles. The van der Waals surface area contributed by atoms with Crippen LogP contribution in [0.5, 0.6) is 0 Å². The van der Waals surface area contributed by atoms with Crippen LogP contribution in [0.2, 0.25) is 0 Å². The summed E-state index contributed by atoms with van der Waals surface area (Å²) in [5.41, 5.74) is 1.58. The first-order valence-electron chi connectivity index (χ1n) is 6.36. The van der Waals surface area contributed by atoms with Crippen molar-refractivity contribution in [2.24, 2.45) is 11.8 Å². The van der Waals surface area contributed by atoms with Crippen LogP contribution in [0.25, 0.3) is 0 Å². The van der Waals surface area contributed by atoms with E-state index in [0.717, 1.165) is 18.4 Å². The van der Waals surface area contributed by atoms with Crippen molar-refractivity contribution in [2.45, 2.75) is 45.3 Å². The number of nitrogens with one attached hydrogen (secondary N) is 1. The van der Waals surface area contributed by atoms with Crippen LogP contribution >= 0.6 is 11.8 Å². The Labute approximate surface area is 105 Å². The van der Waals surface area contributed by atoms with E-state index in [4.69, 9.17) is 0 Å². The van der Waals surface area contributed by atoms with E-state index in [1.807, 2.05) is 11.8 Å². The highest BCUT2D eigenvalue weighted by molar-refractivity contribution is 7.99. The van der Waals surface area contributed by atoms with Gasteiger partial charge in [0.2, 0.25) is 0 Å². The predicted octanol–water partition coefficient (Wildman–Crippen LogP) is 3.71. The van der Waals surface area contributed by atoms with Gasteiger partial charge in [0.1, 0.15) is 0 Å². The lowest BCUT2D eigenvalue weighted by atomic mass is 9.84. The van der Waals surface area contributed by atoms with E-state index >= 15 is 0 Å². The molecule has 0 amide bonds. The Balaban J connectivity index is 2.27. The second-order valence-corrected chi connectivity index (χ2v) is 7.40. The van der Waals surface area contributed by atoms with Crippen molar-refractivity contribution in [3.8, 4) is 0 Å². The van der Waals surface area contributed by atoms with Crippen LogP contribution in [-0.4, -0.2) is 24.1 Å². The summed E-state index contributed by atoms with van der Waals surface area (Å²) in [6.07, 6.45) is 7.26. The highest BCUT2D eigenvalue weighted by atomic mass is 32.2. The molecule has 1 N–H and O–H groups in total. The minimum atomic E-state index is 0.366. The molecular weight excluding hydrogens is 214 g/mol. The van der Waals surface area contributed by atoms with Gasteiger partial charge >= 0.3 is 0 Å². The Bertz CT molecular complexity index is 245. The van der Waals surface area contributed by atoms with Crippen molar-refractivity contribution in [3.05, 3.63) is 11.6 Å². The molecule has 2 unspecified atom stereocenters. The van der Waals surface area contributed by atoms with Gasteiger partial charge in [-0.3, -0.25) is 0 Å². The van der Waals surface area contributed by atoms with Gasteiger partial charge in [-0.1, -0.05) is 18.6 Å². The molecule has 2 atom stereocenters. The Kier molecular flexibility index (Phi) is 5.39. The smallest absolute Gasteiger partial charge is 0.0225 e. The van der Waals surface area contributed by atoms with Gasteiger partial charge in [-0.2, -0.15) is 11.8 Å². The second-order valence-electron chi connectivity index (χ2n) is 5.89. The first-order valence-corrected chi connectivity index (χ1v) is 7.58. The normalized spacial score (nSPS) is 26.7. The fourth-order valence-electron chi connectivity index (χ4n) is 2.49. The zero-order valence-corrected chi connectivity index (χ0v) is 12.3. The standard InChI is InChI=1S/C14H27NS/c1-11-6-12(2)8-13(7-11)9-15-10-14(3,4)16-5/h6,11,13,15H,7-10H2,1-5H3. The van der Waals surface area contributed by atoms with E-state index in [9.17, 15) is 0 Å². The third-order valence-corrected chi connectivity index (χ3v) is 4.67.